The van der Waals surface area contributed by atoms with E-state index in [1.54, 1.807) is 24.5 Å². The van der Waals surface area contributed by atoms with Crippen LogP contribution in [0.15, 0.2) is 53.5 Å². The third-order valence-corrected chi connectivity index (χ3v) is 4.77. The zero-order valence-corrected chi connectivity index (χ0v) is 14.1. The van der Waals surface area contributed by atoms with E-state index in [1.165, 1.54) is 6.26 Å². The third kappa shape index (κ3) is 2.95. The predicted octanol–water partition coefficient (Wildman–Crippen LogP) is 3.32. The topological polar surface area (TPSA) is 64.2 Å². The maximum Gasteiger partial charge on any atom is 0.289 e. The molecule has 0 atom stereocenters. The first-order chi connectivity index (χ1) is 12.2. The highest BCUT2D eigenvalue weighted by Gasteiger charge is 2.27. The third-order valence-electron chi connectivity index (χ3n) is 4.77. The Morgan fingerprint density at radius 2 is 1.96 bits per heavy atom. The van der Waals surface area contributed by atoms with Gasteiger partial charge in [-0.05, 0) is 44.0 Å². The molecule has 1 aliphatic heterocycles. The molecule has 0 unspecified atom stereocenters. The van der Waals surface area contributed by atoms with Crippen molar-refractivity contribution in [2.45, 2.75) is 25.8 Å². The van der Waals surface area contributed by atoms with Crippen LogP contribution in [0.4, 0.5) is 0 Å². The molecule has 0 bridgehead atoms. The number of likely N-dealkylation sites (tertiary alicyclic amines) is 1. The summed E-state index contributed by atoms with van der Waals surface area (Å²) in [4.78, 5) is 23.0. The molecule has 0 spiro atoms. The summed E-state index contributed by atoms with van der Waals surface area (Å²) in [5.74, 6) is 1.35. The molecule has 0 radical (unpaired) electrons. The summed E-state index contributed by atoms with van der Waals surface area (Å²) in [5, 5.41) is 0. The van der Waals surface area contributed by atoms with Crippen LogP contribution in [0.3, 0.4) is 0 Å². The van der Waals surface area contributed by atoms with E-state index in [9.17, 15) is 4.79 Å². The molecule has 0 aliphatic carbocycles. The Morgan fingerprint density at radius 3 is 2.64 bits per heavy atom. The number of carbonyl (C=O) groups is 1. The highest BCUT2D eigenvalue weighted by atomic mass is 16.3. The Kier molecular flexibility index (Phi) is 4.09. The molecule has 3 aromatic heterocycles. The zero-order chi connectivity index (χ0) is 17.2. The molecule has 25 heavy (non-hydrogen) atoms. The molecule has 1 fully saturated rings. The lowest BCUT2D eigenvalue weighted by molar-refractivity contribution is 0.0662. The molecule has 0 N–H and O–H groups in total. The molecule has 4 heterocycles. The standard InChI is InChI=1S/C19H20N4O2/c1-14-13-21-18(15-4-8-20-9-5-15)23(14)16-6-10-22(11-7-16)19(24)17-3-2-12-25-17/h2-5,8-9,12-13,16H,6-7,10-11H2,1H3. The normalized spacial score (nSPS) is 15.5. The number of aryl methyl sites for hydroxylation is 1. The number of imidazole rings is 1. The highest BCUT2D eigenvalue weighted by molar-refractivity contribution is 5.91. The van der Waals surface area contributed by atoms with E-state index in [2.05, 4.69) is 21.5 Å². The number of hydrogen-bond donors (Lipinski definition) is 0. The van der Waals surface area contributed by atoms with Gasteiger partial charge >= 0.3 is 0 Å². The average Bonchev–Trinajstić information content (AvgIpc) is 3.32. The predicted molar refractivity (Wildman–Crippen MR) is 93.1 cm³/mol. The van der Waals surface area contributed by atoms with Gasteiger partial charge in [-0.25, -0.2) is 4.98 Å². The number of piperidine rings is 1. The zero-order valence-electron chi connectivity index (χ0n) is 14.1. The lowest BCUT2D eigenvalue weighted by Crippen LogP contribution is -2.39. The van der Waals surface area contributed by atoms with Crippen molar-refractivity contribution in [3.05, 3.63) is 60.6 Å². The van der Waals surface area contributed by atoms with Gasteiger partial charge < -0.3 is 13.9 Å². The van der Waals surface area contributed by atoms with Crippen LogP contribution in [0.5, 0.6) is 0 Å². The van der Waals surface area contributed by atoms with Crippen LogP contribution in [-0.4, -0.2) is 38.4 Å². The molecular weight excluding hydrogens is 316 g/mol. The molecule has 6 heteroatoms. The lowest BCUT2D eigenvalue weighted by atomic mass is 10.0. The van der Waals surface area contributed by atoms with Crippen LogP contribution < -0.4 is 0 Å². The number of furan rings is 1. The molecule has 1 aliphatic rings. The summed E-state index contributed by atoms with van der Waals surface area (Å²) in [7, 11) is 0. The van der Waals surface area contributed by atoms with E-state index in [0.29, 0.717) is 11.8 Å². The van der Waals surface area contributed by atoms with Crippen molar-refractivity contribution in [1.82, 2.24) is 19.4 Å². The second kappa shape index (κ2) is 6.55. The van der Waals surface area contributed by atoms with E-state index >= 15 is 0 Å². The number of rotatable bonds is 3. The maximum atomic E-state index is 12.4. The first kappa shape index (κ1) is 15.6. The van der Waals surface area contributed by atoms with Crippen molar-refractivity contribution in [3.63, 3.8) is 0 Å². The van der Waals surface area contributed by atoms with Crippen LogP contribution in [-0.2, 0) is 0 Å². The number of pyridine rings is 1. The van der Waals surface area contributed by atoms with Gasteiger partial charge in [-0.1, -0.05) is 0 Å². The minimum atomic E-state index is -0.0276. The Hall–Kier alpha value is -2.89. The Bertz CT molecular complexity index is 847. The summed E-state index contributed by atoms with van der Waals surface area (Å²) in [6, 6.07) is 7.76. The maximum absolute atomic E-state index is 12.4. The summed E-state index contributed by atoms with van der Waals surface area (Å²) in [6.07, 6.45) is 8.83. The fourth-order valence-electron chi connectivity index (χ4n) is 3.50. The largest absolute Gasteiger partial charge is 0.459 e. The van der Waals surface area contributed by atoms with Gasteiger partial charge in [0.25, 0.3) is 5.91 Å². The van der Waals surface area contributed by atoms with Crippen molar-refractivity contribution >= 4 is 5.91 Å². The van der Waals surface area contributed by atoms with E-state index < -0.39 is 0 Å². The van der Waals surface area contributed by atoms with Gasteiger partial charge in [0, 0.05) is 49.0 Å². The number of hydrogen-bond acceptors (Lipinski definition) is 4. The van der Waals surface area contributed by atoms with Gasteiger partial charge in [-0.2, -0.15) is 0 Å². The molecule has 3 aromatic rings. The van der Waals surface area contributed by atoms with Gasteiger partial charge in [0.05, 0.1) is 6.26 Å². The first-order valence-corrected chi connectivity index (χ1v) is 8.51. The van der Waals surface area contributed by atoms with Crippen molar-refractivity contribution in [2.75, 3.05) is 13.1 Å². The van der Waals surface area contributed by atoms with Crippen molar-refractivity contribution in [1.29, 1.82) is 0 Å². The number of aromatic nitrogens is 3. The minimum Gasteiger partial charge on any atom is -0.459 e. The van der Waals surface area contributed by atoms with E-state index in [4.69, 9.17) is 4.42 Å². The summed E-state index contributed by atoms with van der Waals surface area (Å²) in [5.41, 5.74) is 2.21. The van der Waals surface area contributed by atoms with Crippen LogP contribution >= 0.6 is 0 Å². The minimum absolute atomic E-state index is 0.0276. The first-order valence-electron chi connectivity index (χ1n) is 8.51. The van der Waals surface area contributed by atoms with Gasteiger partial charge in [-0.15, -0.1) is 0 Å². The molecule has 4 rings (SSSR count). The second-order valence-corrected chi connectivity index (χ2v) is 6.33. The van der Waals surface area contributed by atoms with Gasteiger partial charge in [-0.3, -0.25) is 9.78 Å². The van der Waals surface area contributed by atoms with E-state index in [-0.39, 0.29) is 5.91 Å². The fraction of sp³-hybridized carbons (Fsp3) is 0.316. The van der Waals surface area contributed by atoms with Gasteiger partial charge in [0.15, 0.2) is 5.76 Å². The van der Waals surface area contributed by atoms with Crippen molar-refractivity contribution < 1.29 is 9.21 Å². The molecule has 6 nitrogen and oxygen atoms in total. The molecule has 128 valence electrons. The van der Waals surface area contributed by atoms with Gasteiger partial charge in [0.1, 0.15) is 5.82 Å². The lowest BCUT2D eigenvalue weighted by Gasteiger charge is -2.33. The molecule has 0 saturated carbocycles. The van der Waals surface area contributed by atoms with Crippen LogP contribution in [0.2, 0.25) is 0 Å². The molecular formula is C19H20N4O2. The molecule has 0 aromatic carbocycles. The van der Waals surface area contributed by atoms with Gasteiger partial charge in [0.2, 0.25) is 0 Å². The number of nitrogens with zero attached hydrogens (tertiary/aromatic N) is 4. The smallest absolute Gasteiger partial charge is 0.289 e. The number of carbonyl (C=O) groups excluding carboxylic acids is 1. The Balaban J connectivity index is 1.52. The second-order valence-electron chi connectivity index (χ2n) is 6.33. The van der Waals surface area contributed by atoms with Crippen LogP contribution in [0, 0.1) is 6.92 Å². The Labute approximate surface area is 146 Å². The molecule has 1 amide bonds. The summed E-state index contributed by atoms with van der Waals surface area (Å²) < 4.78 is 7.53. The summed E-state index contributed by atoms with van der Waals surface area (Å²) in [6.45, 7) is 3.52. The van der Waals surface area contributed by atoms with Crippen LogP contribution in [0.25, 0.3) is 11.4 Å². The summed E-state index contributed by atoms with van der Waals surface area (Å²) >= 11 is 0. The monoisotopic (exact) mass is 336 g/mol. The fourth-order valence-corrected chi connectivity index (χ4v) is 3.50. The average molecular weight is 336 g/mol. The highest BCUT2D eigenvalue weighted by Crippen LogP contribution is 2.30. The van der Waals surface area contributed by atoms with E-state index in [0.717, 1.165) is 43.0 Å². The van der Waals surface area contributed by atoms with E-state index in [1.807, 2.05) is 23.2 Å². The van der Waals surface area contributed by atoms with Crippen molar-refractivity contribution in [3.8, 4) is 11.4 Å². The van der Waals surface area contributed by atoms with Crippen molar-refractivity contribution in [2.24, 2.45) is 0 Å². The number of amides is 1. The SMILES string of the molecule is Cc1cnc(-c2ccncc2)n1C1CCN(C(=O)c2ccco2)CC1. The molecule has 1 saturated heterocycles. The van der Waals surface area contributed by atoms with Crippen LogP contribution in [0.1, 0.15) is 35.1 Å². The Morgan fingerprint density at radius 1 is 1.20 bits per heavy atom. The quantitative estimate of drug-likeness (QED) is 0.736.